The first kappa shape index (κ1) is 13.6. The van der Waals surface area contributed by atoms with Gasteiger partial charge in [-0.25, -0.2) is 0 Å². The van der Waals surface area contributed by atoms with Crippen LogP contribution in [0.1, 0.15) is 47.5 Å². The van der Waals surface area contributed by atoms with Crippen LogP contribution < -0.4 is 0 Å². The molecule has 0 aromatic carbocycles. The van der Waals surface area contributed by atoms with Crippen molar-refractivity contribution in [2.75, 3.05) is 0 Å². The van der Waals surface area contributed by atoms with Crippen LogP contribution in [0.25, 0.3) is 0 Å². The van der Waals surface area contributed by atoms with Gasteiger partial charge in [0.15, 0.2) is 0 Å². The first-order valence-electron chi connectivity index (χ1n) is 5.23. The van der Waals surface area contributed by atoms with Crippen molar-refractivity contribution < 1.29 is 13.6 Å². The lowest BCUT2D eigenvalue weighted by atomic mass is 10.3. The Labute approximate surface area is 88.6 Å². The molecule has 2 atom stereocenters. The molecule has 0 aliphatic rings. The van der Waals surface area contributed by atoms with Crippen LogP contribution in [-0.2, 0) is 13.6 Å². The van der Waals surface area contributed by atoms with Gasteiger partial charge in [-0.2, -0.15) is 0 Å². The van der Waals surface area contributed by atoms with E-state index in [0.29, 0.717) is 5.54 Å². The van der Waals surface area contributed by atoms with E-state index >= 15 is 0 Å². The molecule has 0 spiro atoms. The quantitative estimate of drug-likeness (QED) is 0.642. The van der Waals surface area contributed by atoms with E-state index in [0.717, 1.165) is 12.8 Å². The van der Waals surface area contributed by atoms with Crippen molar-refractivity contribution in [2.45, 2.75) is 59.1 Å². The lowest BCUT2D eigenvalue weighted by Crippen LogP contribution is -2.32. The molecule has 0 aromatic rings. The Morgan fingerprint density at radius 2 is 1.86 bits per heavy atom. The van der Waals surface area contributed by atoms with Crippen LogP contribution in [0.4, 0.5) is 0 Å². The van der Waals surface area contributed by atoms with E-state index in [1.807, 2.05) is 6.92 Å². The molecule has 0 N–H and O–H groups in total. The Kier molecular flexibility index (Phi) is 6.83. The molecule has 83 valence electrons. The van der Waals surface area contributed by atoms with Crippen LogP contribution in [0, 0.1) is 0 Å². The van der Waals surface area contributed by atoms with Crippen LogP contribution in [0.3, 0.4) is 0 Å². The van der Waals surface area contributed by atoms with E-state index in [4.69, 9.17) is 8.85 Å². The van der Waals surface area contributed by atoms with Crippen molar-refractivity contribution >= 4 is 15.3 Å². The minimum Gasteiger partial charge on any atom is -0.492 e. The summed E-state index contributed by atoms with van der Waals surface area (Å²) in [5, 5.41) is 0. The zero-order valence-corrected chi connectivity index (χ0v) is 10.8. The van der Waals surface area contributed by atoms with Gasteiger partial charge in [0.05, 0.1) is 0 Å². The van der Waals surface area contributed by atoms with Gasteiger partial charge < -0.3 is 8.85 Å². The molecule has 0 saturated carbocycles. The SMILES string of the molecule is CCC(C)O[Si](OC(C)=O)C(C)CC. The molecule has 0 aliphatic heterocycles. The predicted molar refractivity (Wildman–Crippen MR) is 58.1 cm³/mol. The highest BCUT2D eigenvalue weighted by molar-refractivity contribution is 6.48. The molecule has 2 unspecified atom stereocenters. The number of carbonyl (C=O) groups is 1. The van der Waals surface area contributed by atoms with Gasteiger partial charge in [0.2, 0.25) is 0 Å². The third-order valence-corrected chi connectivity index (χ3v) is 4.49. The van der Waals surface area contributed by atoms with Crippen LogP contribution in [0.2, 0.25) is 5.54 Å². The fourth-order valence-corrected chi connectivity index (χ4v) is 2.49. The maximum absolute atomic E-state index is 10.9. The summed E-state index contributed by atoms with van der Waals surface area (Å²) < 4.78 is 10.9. The first-order chi connectivity index (χ1) is 6.51. The Morgan fingerprint density at radius 1 is 1.29 bits per heavy atom. The normalized spacial score (nSPS) is 15.3. The Morgan fingerprint density at radius 3 is 2.21 bits per heavy atom. The van der Waals surface area contributed by atoms with Gasteiger partial charge >= 0.3 is 9.28 Å². The summed E-state index contributed by atoms with van der Waals surface area (Å²) in [5.41, 5.74) is 0.345. The van der Waals surface area contributed by atoms with Gasteiger partial charge in [-0.3, -0.25) is 4.79 Å². The fraction of sp³-hybridized carbons (Fsp3) is 0.900. The topological polar surface area (TPSA) is 35.5 Å². The molecule has 0 saturated heterocycles. The Bertz CT molecular complexity index is 173. The minimum absolute atomic E-state index is 0.178. The van der Waals surface area contributed by atoms with E-state index in [1.54, 1.807) is 0 Å². The van der Waals surface area contributed by atoms with Crippen molar-refractivity contribution in [3.63, 3.8) is 0 Å². The van der Waals surface area contributed by atoms with E-state index in [-0.39, 0.29) is 12.1 Å². The number of hydrogen-bond acceptors (Lipinski definition) is 3. The number of rotatable bonds is 6. The average Bonchev–Trinajstić information content (AvgIpc) is 2.14. The summed E-state index contributed by atoms with van der Waals surface area (Å²) >= 11 is 0. The highest BCUT2D eigenvalue weighted by atomic mass is 28.3. The second-order valence-corrected chi connectivity index (χ2v) is 5.62. The fourth-order valence-electron chi connectivity index (χ4n) is 0.831. The monoisotopic (exact) mass is 217 g/mol. The standard InChI is InChI=1S/C10H21O3Si/c1-6-8(3)12-14(9(4)7-2)13-10(5)11/h8-9H,6-7H2,1-5H3. The molecule has 4 heteroatoms. The second kappa shape index (κ2) is 7.01. The Hall–Kier alpha value is -0.353. The van der Waals surface area contributed by atoms with Crippen LogP contribution >= 0.6 is 0 Å². The first-order valence-corrected chi connectivity index (χ1v) is 6.62. The van der Waals surface area contributed by atoms with Crippen LogP contribution in [-0.4, -0.2) is 21.4 Å². The molecule has 0 aliphatic carbocycles. The molecule has 0 fully saturated rings. The maximum atomic E-state index is 10.9. The van der Waals surface area contributed by atoms with Gasteiger partial charge in [-0.15, -0.1) is 0 Å². The summed E-state index contributed by atoms with van der Waals surface area (Å²) in [4.78, 5) is 10.9. The van der Waals surface area contributed by atoms with Crippen molar-refractivity contribution in [2.24, 2.45) is 0 Å². The zero-order valence-electron chi connectivity index (χ0n) is 9.79. The Balaban J connectivity index is 4.16. The van der Waals surface area contributed by atoms with Crippen molar-refractivity contribution in [3.8, 4) is 0 Å². The van der Waals surface area contributed by atoms with Gasteiger partial charge in [0, 0.05) is 18.6 Å². The van der Waals surface area contributed by atoms with Crippen molar-refractivity contribution in [1.82, 2.24) is 0 Å². The van der Waals surface area contributed by atoms with Crippen molar-refractivity contribution in [1.29, 1.82) is 0 Å². The largest absolute Gasteiger partial charge is 0.492 e. The van der Waals surface area contributed by atoms with Crippen LogP contribution in [0.5, 0.6) is 0 Å². The third-order valence-electron chi connectivity index (χ3n) is 2.15. The van der Waals surface area contributed by atoms with E-state index in [2.05, 4.69) is 20.8 Å². The summed E-state index contributed by atoms with van der Waals surface area (Å²) in [6.45, 7) is 9.66. The molecular weight excluding hydrogens is 196 g/mol. The average molecular weight is 217 g/mol. The summed E-state index contributed by atoms with van der Waals surface area (Å²) in [6.07, 6.45) is 2.11. The van der Waals surface area contributed by atoms with E-state index in [9.17, 15) is 4.79 Å². The second-order valence-electron chi connectivity index (χ2n) is 3.56. The zero-order chi connectivity index (χ0) is 11.1. The molecule has 0 rings (SSSR count). The van der Waals surface area contributed by atoms with Gasteiger partial charge in [0.1, 0.15) is 0 Å². The molecule has 0 bridgehead atoms. The third kappa shape index (κ3) is 5.39. The highest BCUT2D eigenvalue weighted by Gasteiger charge is 2.28. The molecule has 3 nitrogen and oxygen atoms in total. The minimum atomic E-state index is -1.43. The lowest BCUT2D eigenvalue weighted by Gasteiger charge is -2.22. The summed E-state index contributed by atoms with van der Waals surface area (Å²) in [7, 11) is -1.43. The molecule has 0 heterocycles. The number of carbonyl (C=O) groups excluding carboxylic acids is 1. The van der Waals surface area contributed by atoms with Gasteiger partial charge in [0.25, 0.3) is 5.97 Å². The number of hydrogen-bond donors (Lipinski definition) is 0. The van der Waals surface area contributed by atoms with E-state index in [1.165, 1.54) is 6.92 Å². The lowest BCUT2D eigenvalue weighted by molar-refractivity contribution is -0.133. The van der Waals surface area contributed by atoms with Crippen LogP contribution in [0.15, 0.2) is 0 Å². The van der Waals surface area contributed by atoms with Gasteiger partial charge in [-0.1, -0.05) is 27.2 Å². The molecular formula is C10H21O3Si. The summed E-state index contributed by atoms with van der Waals surface area (Å²) in [6, 6.07) is 0. The molecule has 1 radical (unpaired) electrons. The van der Waals surface area contributed by atoms with E-state index < -0.39 is 9.28 Å². The highest BCUT2D eigenvalue weighted by Crippen LogP contribution is 2.17. The molecule has 0 amide bonds. The van der Waals surface area contributed by atoms with Crippen molar-refractivity contribution in [3.05, 3.63) is 0 Å². The predicted octanol–water partition coefficient (Wildman–Crippen LogP) is 2.65. The van der Waals surface area contributed by atoms with Gasteiger partial charge in [-0.05, 0) is 13.3 Å². The smallest absolute Gasteiger partial charge is 0.463 e. The summed E-state index contributed by atoms with van der Waals surface area (Å²) in [5.74, 6) is -0.234. The maximum Gasteiger partial charge on any atom is 0.463 e. The molecule has 0 aromatic heterocycles. The molecule has 14 heavy (non-hydrogen) atoms.